The minimum atomic E-state index is -1.03. The van der Waals surface area contributed by atoms with E-state index in [4.69, 9.17) is 11.5 Å². The van der Waals surface area contributed by atoms with Gasteiger partial charge < -0.3 is 21.9 Å². The highest BCUT2D eigenvalue weighted by Gasteiger charge is 2.32. The molecular formula is C23H37N3O4. The second kappa shape index (κ2) is 13.3. The largest absolute Gasteiger partial charge is 0.393 e. The van der Waals surface area contributed by atoms with E-state index in [1.165, 1.54) is 6.92 Å². The average Bonchev–Trinajstić information content (AvgIpc) is 2.70. The van der Waals surface area contributed by atoms with Crippen molar-refractivity contribution in [2.45, 2.75) is 58.6 Å². The number of Topliss-reactive ketones (excluding diaryl/α,β-unsaturated/α-hetero) is 2. The van der Waals surface area contributed by atoms with Crippen LogP contribution in [0.1, 0.15) is 45.6 Å². The van der Waals surface area contributed by atoms with Gasteiger partial charge in [-0.15, -0.1) is 0 Å². The second-order valence-electron chi connectivity index (χ2n) is 8.18. The van der Waals surface area contributed by atoms with Crippen LogP contribution < -0.4 is 16.8 Å². The van der Waals surface area contributed by atoms with Crippen LogP contribution in [0.15, 0.2) is 30.3 Å². The molecule has 7 nitrogen and oxygen atoms in total. The summed E-state index contributed by atoms with van der Waals surface area (Å²) in [5.74, 6) is -2.26. The van der Waals surface area contributed by atoms with Gasteiger partial charge in [-0.3, -0.25) is 14.4 Å². The molecule has 6 N–H and O–H groups in total. The minimum Gasteiger partial charge on any atom is -0.393 e. The zero-order chi connectivity index (χ0) is 22.7. The summed E-state index contributed by atoms with van der Waals surface area (Å²) in [5, 5.41) is 12.9. The molecule has 0 saturated carbocycles. The van der Waals surface area contributed by atoms with E-state index in [9.17, 15) is 19.5 Å². The first-order valence-electron chi connectivity index (χ1n) is 10.7. The summed E-state index contributed by atoms with van der Waals surface area (Å²) in [6.45, 7) is 5.60. The topological polar surface area (TPSA) is 136 Å². The molecule has 0 aliphatic carbocycles. The molecule has 7 heteroatoms. The molecule has 0 radical (unpaired) electrons. The number of nitrogens with two attached hydrogens (primary N) is 2. The quantitative estimate of drug-likeness (QED) is 0.358. The number of ketones is 2. The number of rotatable bonds is 14. The van der Waals surface area contributed by atoms with Crippen molar-refractivity contribution >= 4 is 17.5 Å². The number of amides is 1. The van der Waals surface area contributed by atoms with Crippen LogP contribution in [0.5, 0.6) is 0 Å². The Balaban J connectivity index is 2.89. The fourth-order valence-electron chi connectivity index (χ4n) is 3.48. The Bertz CT molecular complexity index is 676. The van der Waals surface area contributed by atoms with Crippen LogP contribution in [-0.4, -0.2) is 47.8 Å². The fourth-order valence-corrected chi connectivity index (χ4v) is 3.48. The third kappa shape index (κ3) is 8.34. The molecule has 0 aromatic heterocycles. The molecule has 0 saturated heterocycles. The van der Waals surface area contributed by atoms with Crippen LogP contribution in [0.3, 0.4) is 0 Å². The van der Waals surface area contributed by atoms with Crippen LogP contribution in [-0.2, 0) is 20.8 Å². The lowest BCUT2D eigenvalue weighted by molar-refractivity contribution is -0.137. The Morgan fingerprint density at radius 2 is 1.60 bits per heavy atom. The molecule has 0 bridgehead atoms. The lowest BCUT2D eigenvalue weighted by Crippen LogP contribution is -2.48. The van der Waals surface area contributed by atoms with E-state index >= 15 is 0 Å². The monoisotopic (exact) mass is 419 g/mol. The van der Waals surface area contributed by atoms with Crippen molar-refractivity contribution in [1.82, 2.24) is 5.32 Å². The average molecular weight is 420 g/mol. The van der Waals surface area contributed by atoms with Crippen molar-refractivity contribution in [3.63, 3.8) is 0 Å². The fraction of sp³-hybridized carbons (Fsp3) is 0.609. The highest BCUT2D eigenvalue weighted by molar-refractivity contribution is 5.93. The van der Waals surface area contributed by atoms with Crippen molar-refractivity contribution in [2.75, 3.05) is 13.1 Å². The molecule has 0 fully saturated rings. The smallest absolute Gasteiger partial charge is 0.226 e. The molecule has 168 valence electrons. The summed E-state index contributed by atoms with van der Waals surface area (Å²) in [7, 11) is 0. The van der Waals surface area contributed by atoms with Gasteiger partial charge in [-0.2, -0.15) is 0 Å². The van der Waals surface area contributed by atoms with E-state index in [-0.39, 0.29) is 36.4 Å². The van der Waals surface area contributed by atoms with Crippen molar-refractivity contribution < 1.29 is 19.5 Å². The van der Waals surface area contributed by atoms with Crippen LogP contribution in [0.25, 0.3) is 0 Å². The van der Waals surface area contributed by atoms with Gasteiger partial charge in [0.25, 0.3) is 0 Å². The van der Waals surface area contributed by atoms with Crippen molar-refractivity contribution in [3.8, 4) is 0 Å². The van der Waals surface area contributed by atoms with Crippen LogP contribution in [0.2, 0.25) is 0 Å². The number of aliphatic hydroxyl groups is 1. The SMILES string of the molecule is CC(C)C(=O)[C@H](CCN)NC(=O)[C@@H](CC(=O)C(CCN)Cc1ccccc1)[C@H](C)O. The van der Waals surface area contributed by atoms with Gasteiger partial charge in [0, 0.05) is 18.3 Å². The zero-order valence-corrected chi connectivity index (χ0v) is 18.3. The van der Waals surface area contributed by atoms with Gasteiger partial charge in [-0.05, 0) is 44.8 Å². The van der Waals surface area contributed by atoms with Crippen molar-refractivity contribution in [1.29, 1.82) is 0 Å². The summed E-state index contributed by atoms with van der Waals surface area (Å²) in [5.41, 5.74) is 12.3. The van der Waals surface area contributed by atoms with Crippen LogP contribution in [0, 0.1) is 17.8 Å². The predicted molar refractivity (Wildman–Crippen MR) is 118 cm³/mol. The lowest BCUT2D eigenvalue weighted by Gasteiger charge is -2.25. The molecule has 1 unspecified atom stereocenters. The van der Waals surface area contributed by atoms with Gasteiger partial charge in [-0.1, -0.05) is 44.2 Å². The molecule has 0 spiro atoms. The summed E-state index contributed by atoms with van der Waals surface area (Å²) in [6.07, 6.45) is 0.215. The van der Waals surface area contributed by atoms with Crippen molar-refractivity contribution in [3.05, 3.63) is 35.9 Å². The Hall–Kier alpha value is -2.09. The van der Waals surface area contributed by atoms with E-state index in [0.717, 1.165) is 5.56 Å². The Morgan fingerprint density at radius 3 is 2.10 bits per heavy atom. The Labute approximate surface area is 179 Å². The predicted octanol–water partition coefficient (Wildman–Crippen LogP) is 1.21. The summed E-state index contributed by atoms with van der Waals surface area (Å²) >= 11 is 0. The Kier molecular flexibility index (Phi) is 11.5. The molecule has 1 amide bonds. The number of hydrogen-bond donors (Lipinski definition) is 4. The maximum absolute atomic E-state index is 13.0. The molecule has 1 aromatic carbocycles. The molecular weight excluding hydrogens is 382 g/mol. The summed E-state index contributed by atoms with van der Waals surface area (Å²) < 4.78 is 0. The van der Waals surface area contributed by atoms with Gasteiger partial charge in [-0.25, -0.2) is 0 Å². The maximum atomic E-state index is 13.0. The first-order valence-corrected chi connectivity index (χ1v) is 10.7. The number of aliphatic hydroxyl groups excluding tert-OH is 1. The number of nitrogens with one attached hydrogen (secondary N) is 1. The van der Waals surface area contributed by atoms with Crippen LogP contribution >= 0.6 is 0 Å². The maximum Gasteiger partial charge on any atom is 0.226 e. The molecule has 30 heavy (non-hydrogen) atoms. The molecule has 0 aliphatic heterocycles. The third-order valence-corrected chi connectivity index (χ3v) is 5.32. The van der Waals surface area contributed by atoms with E-state index < -0.39 is 24.0 Å². The highest BCUT2D eigenvalue weighted by atomic mass is 16.3. The molecule has 4 atom stereocenters. The van der Waals surface area contributed by atoms with Gasteiger partial charge in [0.2, 0.25) is 5.91 Å². The third-order valence-electron chi connectivity index (χ3n) is 5.32. The van der Waals surface area contributed by atoms with Gasteiger partial charge >= 0.3 is 0 Å². The highest BCUT2D eigenvalue weighted by Crippen LogP contribution is 2.20. The summed E-state index contributed by atoms with van der Waals surface area (Å²) in [6, 6.07) is 8.91. The number of hydrogen-bond acceptors (Lipinski definition) is 6. The number of carbonyl (C=O) groups is 3. The normalized spacial score (nSPS) is 15.3. The second-order valence-corrected chi connectivity index (χ2v) is 8.18. The van der Waals surface area contributed by atoms with Gasteiger partial charge in [0.1, 0.15) is 5.78 Å². The van der Waals surface area contributed by atoms with Crippen LogP contribution in [0.4, 0.5) is 0 Å². The molecule has 0 aliphatic rings. The lowest BCUT2D eigenvalue weighted by atomic mass is 9.85. The first kappa shape index (κ1) is 25.9. The summed E-state index contributed by atoms with van der Waals surface area (Å²) in [4.78, 5) is 38.2. The molecule has 0 heterocycles. The standard InChI is InChI=1S/C23H37N3O4/c1-15(2)22(29)20(10-12-25)26-23(30)19(16(3)27)14-21(28)18(9-11-24)13-17-7-5-4-6-8-17/h4-8,15-16,18-20,27H,9-14,24-25H2,1-3H3,(H,26,30)/t16-,18?,19-,20-/m0/s1. The molecule has 1 aromatic rings. The van der Waals surface area contributed by atoms with E-state index in [1.807, 2.05) is 30.3 Å². The van der Waals surface area contributed by atoms with Gasteiger partial charge in [0.15, 0.2) is 5.78 Å². The Morgan fingerprint density at radius 1 is 1.00 bits per heavy atom. The number of benzene rings is 1. The first-order chi connectivity index (χ1) is 14.2. The van der Waals surface area contributed by atoms with Gasteiger partial charge in [0.05, 0.1) is 18.1 Å². The van der Waals surface area contributed by atoms with E-state index in [2.05, 4.69) is 5.32 Å². The van der Waals surface area contributed by atoms with E-state index in [0.29, 0.717) is 25.8 Å². The molecule has 1 rings (SSSR count). The van der Waals surface area contributed by atoms with E-state index in [1.54, 1.807) is 13.8 Å². The van der Waals surface area contributed by atoms with Crippen molar-refractivity contribution in [2.24, 2.45) is 29.2 Å². The minimum absolute atomic E-state index is 0.105. The number of carbonyl (C=O) groups excluding carboxylic acids is 3. The zero-order valence-electron chi connectivity index (χ0n) is 18.3.